The third-order valence-electron chi connectivity index (χ3n) is 4.00. The van der Waals surface area contributed by atoms with Gasteiger partial charge in [0.05, 0.1) is 5.92 Å². The van der Waals surface area contributed by atoms with E-state index in [9.17, 15) is 14.3 Å². The summed E-state index contributed by atoms with van der Waals surface area (Å²) < 4.78 is 13.8. The topological polar surface area (TPSA) is 37.3 Å². The molecule has 2 unspecified atom stereocenters. The second-order valence-electron chi connectivity index (χ2n) is 5.25. The number of hydrogen-bond donors (Lipinski definition) is 1. The van der Waals surface area contributed by atoms with E-state index in [2.05, 4.69) is 0 Å². The molecule has 19 heavy (non-hydrogen) atoms. The van der Waals surface area contributed by atoms with Gasteiger partial charge in [-0.05, 0) is 37.3 Å². The van der Waals surface area contributed by atoms with Crippen molar-refractivity contribution in [1.29, 1.82) is 0 Å². The molecule has 0 aromatic heterocycles. The van der Waals surface area contributed by atoms with E-state index >= 15 is 0 Å². The molecule has 1 aromatic carbocycles. The molecule has 4 heteroatoms. The van der Waals surface area contributed by atoms with E-state index in [1.807, 2.05) is 0 Å². The molecule has 2 rings (SSSR count). The zero-order valence-corrected chi connectivity index (χ0v) is 11.5. The molecular weight excluding hydrogens is 267 g/mol. The number of carbonyl (C=O) groups is 1. The molecule has 1 aromatic rings. The van der Waals surface area contributed by atoms with Gasteiger partial charge in [0.2, 0.25) is 0 Å². The maximum Gasteiger partial charge on any atom is 0.306 e. The van der Waals surface area contributed by atoms with Gasteiger partial charge in [-0.3, -0.25) is 4.79 Å². The van der Waals surface area contributed by atoms with Crippen molar-refractivity contribution < 1.29 is 14.3 Å². The summed E-state index contributed by atoms with van der Waals surface area (Å²) in [5.41, 5.74) is 0.460. The third kappa shape index (κ3) is 3.47. The van der Waals surface area contributed by atoms with Crippen LogP contribution in [-0.2, 0) is 11.2 Å². The minimum absolute atomic E-state index is 0.0191. The van der Waals surface area contributed by atoms with Crippen LogP contribution < -0.4 is 0 Å². The molecule has 0 amide bonds. The summed E-state index contributed by atoms with van der Waals surface area (Å²) in [5.74, 6) is -1.49. The van der Waals surface area contributed by atoms with E-state index in [-0.39, 0.29) is 17.7 Å². The lowest BCUT2D eigenvalue weighted by Crippen LogP contribution is -2.24. The van der Waals surface area contributed by atoms with Crippen molar-refractivity contribution in [3.05, 3.63) is 34.6 Å². The van der Waals surface area contributed by atoms with Gasteiger partial charge in [-0.2, -0.15) is 0 Å². The van der Waals surface area contributed by atoms with Crippen molar-refractivity contribution in [3.63, 3.8) is 0 Å². The molecule has 1 aliphatic rings. The van der Waals surface area contributed by atoms with Crippen LogP contribution in [0.25, 0.3) is 0 Å². The zero-order valence-electron chi connectivity index (χ0n) is 10.7. The average Bonchev–Trinajstić information content (AvgIpc) is 2.59. The summed E-state index contributed by atoms with van der Waals surface area (Å²) in [6, 6.07) is 4.61. The Morgan fingerprint density at radius 3 is 2.74 bits per heavy atom. The molecular formula is C15H18ClFO2. The van der Waals surface area contributed by atoms with E-state index < -0.39 is 5.97 Å². The summed E-state index contributed by atoms with van der Waals surface area (Å²) in [4.78, 5) is 11.4. The number of halogens is 2. The SMILES string of the molecule is O=C(O)C1CCCCCC1Cc1c(F)cccc1Cl. The normalized spacial score (nSPS) is 23.9. The monoisotopic (exact) mass is 284 g/mol. The quantitative estimate of drug-likeness (QED) is 0.840. The lowest BCUT2D eigenvalue weighted by atomic mass is 9.83. The molecule has 0 radical (unpaired) electrons. The van der Waals surface area contributed by atoms with E-state index in [0.717, 1.165) is 25.7 Å². The molecule has 0 bridgehead atoms. The van der Waals surface area contributed by atoms with Crippen molar-refractivity contribution >= 4 is 17.6 Å². The Morgan fingerprint density at radius 2 is 2.05 bits per heavy atom. The van der Waals surface area contributed by atoms with E-state index in [0.29, 0.717) is 23.4 Å². The first-order valence-electron chi connectivity index (χ1n) is 6.75. The lowest BCUT2D eigenvalue weighted by molar-refractivity contribution is -0.143. The summed E-state index contributed by atoms with van der Waals surface area (Å²) >= 11 is 6.03. The van der Waals surface area contributed by atoms with Gasteiger partial charge in [0.25, 0.3) is 0 Å². The van der Waals surface area contributed by atoms with Crippen LogP contribution >= 0.6 is 11.6 Å². The predicted octanol–water partition coefficient (Wildman–Crippen LogP) is 4.30. The van der Waals surface area contributed by atoms with Gasteiger partial charge in [0.1, 0.15) is 5.82 Å². The van der Waals surface area contributed by atoms with Gasteiger partial charge < -0.3 is 5.11 Å². The third-order valence-corrected chi connectivity index (χ3v) is 4.36. The fraction of sp³-hybridized carbons (Fsp3) is 0.533. The summed E-state index contributed by atoms with van der Waals surface area (Å²) in [6.07, 6.45) is 4.96. The largest absolute Gasteiger partial charge is 0.481 e. The molecule has 2 atom stereocenters. The highest BCUT2D eigenvalue weighted by atomic mass is 35.5. The molecule has 1 N–H and O–H groups in total. The van der Waals surface area contributed by atoms with Gasteiger partial charge in [-0.15, -0.1) is 0 Å². The number of carboxylic acids is 1. The zero-order chi connectivity index (χ0) is 13.8. The molecule has 2 nitrogen and oxygen atoms in total. The van der Waals surface area contributed by atoms with Crippen molar-refractivity contribution in [2.45, 2.75) is 38.5 Å². The van der Waals surface area contributed by atoms with Gasteiger partial charge in [0, 0.05) is 10.6 Å². The predicted molar refractivity (Wildman–Crippen MR) is 72.8 cm³/mol. The first-order valence-corrected chi connectivity index (χ1v) is 7.13. The standard InChI is InChI=1S/C15H18ClFO2/c16-13-7-4-8-14(17)12(13)9-10-5-2-1-3-6-11(10)15(18)19/h4,7-8,10-11H,1-3,5-6,9H2,(H,18,19). The van der Waals surface area contributed by atoms with Crippen molar-refractivity contribution in [1.82, 2.24) is 0 Å². The second kappa shape index (κ2) is 6.38. The smallest absolute Gasteiger partial charge is 0.306 e. The lowest BCUT2D eigenvalue weighted by Gasteiger charge is -2.22. The van der Waals surface area contributed by atoms with E-state index in [1.165, 1.54) is 6.07 Å². The Balaban J connectivity index is 2.21. The fourth-order valence-electron chi connectivity index (χ4n) is 2.94. The Bertz CT molecular complexity index is 441. The minimum Gasteiger partial charge on any atom is -0.481 e. The van der Waals surface area contributed by atoms with Crippen LogP contribution in [-0.4, -0.2) is 11.1 Å². The molecule has 0 saturated heterocycles. The second-order valence-corrected chi connectivity index (χ2v) is 5.65. The van der Waals surface area contributed by atoms with Gasteiger partial charge in [0.15, 0.2) is 0 Å². The van der Waals surface area contributed by atoms with E-state index in [1.54, 1.807) is 12.1 Å². The van der Waals surface area contributed by atoms with Gasteiger partial charge in [-0.25, -0.2) is 4.39 Å². The fourth-order valence-corrected chi connectivity index (χ4v) is 3.18. The van der Waals surface area contributed by atoms with Crippen LogP contribution in [0.3, 0.4) is 0 Å². The van der Waals surface area contributed by atoms with Gasteiger partial charge >= 0.3 is 5.97 Å². The van der Waals surface area contributed by atoms with Gasteiger partial charge in [-0.1, -0.05) is 36.9 Å². The van der Waals surface area contributed by atoms with Crippen LogP contribution in [0.5, 0.6) is 0 Å². The van der Waals surface area contributed by atoms with E-state index in [4.69, 9.17) is 11.6 Å². The number of benzene rings is 1. The molecule has 1 aliphatic carbocycles. The summed E-state index contributed by atoms with van der Waals surface area (Å²) in [6.45, 7) is 0. The first kappa shape index (κ1) is 14.3. The highest BCUT2D eigenvalue weighted by molar-refractivity contribution is 6.31. The van der Waals surface area contributed by atoms with Crippen LogP contribution in [0.15, 0.2) is 18.2 Å². The number of rotatable bonds is 3. The Morgan fingerprint density at radius 1 is 1.32 bits per heavy atom. The Hall–Kier alpha value is -1.09. The van der Waals surface area contributed by atoms with Crippen LogP contribution in [0, 0.1) is 17.7 Å². The maximum atomic E-state index is 13.8. The first-order chi connectivity index (χ1) is 9.09. The molecule has 104 valence electrons. The highest BCUT2D eigenvalue weighted by Crippen LogP contribution is 2.34. The maximum absolute atomic E-state index is 13.8. The van der Waals surface area contributed by atoms with Crippen molar-refractivity contribution in [2.24, 2.45) is 11.8 Å². The van der Waals surface area contributed by atoms with Crippen LogP contribution in [0.2, 0.25) is 5.02 Å². The number of aliphatic carboxylic acids is 1. The highest BCUT2D eigenvalue weighted by Gasteiger charge is 2.30. The van der Waals surface area contributed by atoms with Crippen molar-refractivity contribution in [2.75, 3.05) is 0 Å². The average molecular weight is 285 g/mol. The number of carboxylic acid groups (broad SMARTS) is 1. The molecule has 0 aliphatic heterocycles. The Kier molecular flexibility index (Phi) is 4.81. The summed E-state index contributed by atoms with van der Waals surface area (Å²) in [5, 5.41) is 9.72. The number of hydrogen-bond acceptors (Lipinski definition) is 1. The Labute approximate surface area is 117 Å². The minimum atomic E-state index is -0.764. The van der Waals surface area contributed by atoms with Crippen LogP contribution in [0.1, 0.15) is 37.7 Å². The molecule has 0 heterocycles. The summed E-state index contributed by atoms with van der Waals surface area (Å²) in [7, 11) is 0. The van der Waals surface area contributed by atoms with Crippen LogP contribution in [0.4, 0.5) is 4.39 Å². The molecule has 1 fully saturated rings. The van der Waals surface area contributed by atoms with Crippen molar-refractivity contribution in [3.8, 4) is 0 Å². The molecule has 1 saturated carbocycles. The molecule has 0 spiro atoms.